The zero-order valence-electron chi connectivity index (χ0n) is 12.2. The van der Waals surface area contributed by atoms with Crippen LogP contribution in [0.1, 0.15) is 44.6 Å². The van der Waals surface area contributed by atoms with Crippen LogP contribution in [0.25, 0.3) is 0 Å². The van der Waals surface area contributed by atoms with E-state index in [1.807, 2.05) is 0 Å². The van der Waals surface area contributed by atoms with E-state index in [9.17, 15) is 8.78 Å². The molecule has 1 aliphatic rings. The van der Waals surface area contributed by atoms with Crippen LogP contribution in [0.2, 0.25) is 0 Å². The van der Waals surface area contributed by atoms with Crippen LogP contribution in [0, 0.1) is 17.6 Å². The second-order valence-corrected chi connectivity index (χ2v) is 5.53. The molecule has 1 aromatic rings. The number of halogens is 2. The van der Waals surface area contributed by atoms with Gasteiger partial charge in [-0.05, 0) is 56.3 Å². The predicted octanol–water partition coefficient (Wildman–Crippen LogP) is 4.03. The smallest absolute Gasteiger partial charge is 0.191 e. The van der Waals surface area contributed by atoms with Crippen molar-refractivity contribution in [1.29, 1.82) is 0 Å². The molecule has 2 nitrogen and oxygen atoms in total. The van der Waals surface area contributed by atoms with E-state index in [0.29, 0.717) is 18.0 Å². The molecule has 0 bridgehead atoms. The van der Waals surface area contributed by atoms with Crippen molar-refractivity contribution in [2.45, 2.75) is 51.7 Å². The van der Waals surface area contributed by atoms with E-state index in [0.717, 1.165) is 25.7 Å². The maximum absolute atomic E-state index is 14.0. The first-order valence-corrected chi connectivity index (χ1v) is 7.44. The minimum atomic E-state index is -0.601. The Bertz CT molecular complexity index is 427. The number of nitrogens with one attached hydrogen (secondary N) is 1. The van der Waals surface area contributed by atoms with Gasteiger partial charge < -0.3 is 10.1 Å². The van der Waals surface area contributed by atoms with Gasteiger partial charge in [0.15, 0.2) is 17.4 Å². The molecule has 0 radical (unpaired) electrons. The van der Waals surface area contributed by atoms with Crippen LogP contribution in [0.5, 0.6) is 5.75 Å². The van der Waals surface area contributed by atoms with E-state index >= 15 is 0 Å². The van der Waals surface area contributed by atoms with Crippen molar-refractivity contribution in [2.24, 2.45) is 5.92 Å². The zero-order chi connectivity index (χ0) is 14.5. The maximum Gasteiger partial charge on any atom is 0.191 e. The van der Waals surface area contributed by atoms with E-state index in [2.05, 4.69) is 12.2 Å². The molecular weight excluding hydrogens is 260 g/mol. The Morgan fingerprint density at radius 1 is 1.20 bits per heavy atom. The standard InChI is InChI=1S/C16H23F2NO/c1-3-12-6-4-5-7-15(12)20-16-13(17)8-11(10-19-2)9-14(16)18/h8-9,12,15,19H,3-7,10H2,1-2H3. The lowest BCUT2D eigenvalue weighted by atomic mass is 9.85. The van der Waals surface area contributed by atoms with Crippen molar-refractivity contribution < 1.29 is 13.5 Å². The maximum atomic E-state index is 14.0. The van der Waals surface area contributed by atoms with Crippen molar-refractivity contribution >= 4 is 0 Å². The van der Waals surface area contributed by atoms with Gasteiger partial charge in [0.25, 0.3) is 0 Å². The van der Waals surface area contributed by atoms with Gasteiger partial charge in [-0.25, -0.2) is 8.78 Å². The third kappa shape index (κ3) is 3.48. The van der Waals surface area contributed by atoms with Crippen LogP contribution in [0.15, 0.2) is 12.1 Å². The second-order valence-electron chi connectivity index (χ2n) is 5.53. The highest BCUT2D eigenvalue weighted by Gasteiger charge is 2.27. The molecule has 1 saturated carbocycles. The van der Waals surface area contributed by atoms with Crippen LogP contribution in [0.4, 0.5) is 8.78 Å². The van der Waals surface area contributed by atoms with E-state index < -0.39 is 11.6 Å². The Labute approximate surface area is 119 Å². The quantitative estimate of drug-likeness (QED) is 0.881. The fourth-order valence-electron chi connectivity index (χ4n) is 2.98. The molecule has 1 N–H and O–H groups in total. The molecule has 1 aromatic carbocycles. The summed E-state index contributed by atoms with van der Waals surface area (Å²) in [7, 11) is 1.74. The number of ether oxygens (including phenoxy) is 1. The van der Waals surface area contributed by atoms with Crippen molar-refractivity contribution in [1.82, 2.24) is 5.32 Å². The normalized spacial score (nSPS) is 22.8. The SMILES string of the molecule is CCC1CCCCC1Oc1c(F)cc(CNC)cc1F. The number of hydrogen-bond donors (Lipinski definition) is 1. The van der Waals surface area contributed by atoms with Gasteiger partial charge in [0.05, 0.1) is 0 Å². The molecule has 0 heterocycles. The monoisotopic (exact) mass is 283 g/mol. The van der Waals surface area contributed by atoms with Crippen LogP contribution < -0.4 is 10.1 Å². The van der Waals surface area contributed by atoms with E-state index in [-0.39, 0.29) is 11.9 Å². The van der Waals surface area contributed by atoms with Gasteiger partial charge in [-0.1, -0.05) is 13.3 Å². The molecule has 1 fully saturated rings. The predicted molar refractivity (Wildman–Crippen MR) is 75.8 cm³/mol. The summed E-state index contributed by atoms with van der Waals surface area (Å²) in [6, 6.07) is 2.69. The summed E-state index contributed by atoms with van der Waals surface area (Å²) in [6.07, 6.45) is 5.16. The molecular formula is C16H23F2NO. The highest BCUT2D eigenvalue weighted by atomic mass is 19.1. The van der Waals surface area contributed by atoms with Gasteiger partial charge >= 0.3 is 0 Å². The number of hydrogen-bond acceptors (Lipinski definition) is 2. The third-order valence-corrected chi connectivity index (χ3v) is 4.07. The topological polar surface area (TPSA) is 21.3 Å². The van der Waals surface area contributed by atoms with Gasteiger partial charge in [0, 0.05) is 6.54 Å². The number of benzene rings is 1. The second kappa shape index (κ2) is 7.02. The average molecular weight is 283 g/mol. The Morgan fingerprint density at radius 2 is 1.85 bits per heavy atom. The van der Waals surface area contributed by atoms with Gasteiger partial charge in [-0.2, -0.15) is 0 Å². The van der Waals surface area contributed by atoms with Crippen LogP contribution >= 0.6 is 0 Å². The zero-order valence-corrected chi connectivity index (χ0v) is 12.2. The molecule has 2 unspecified atom stereocenters. The first-order chi connectivity index (χ1) is 9.65. The van der Waals surface area contributed by atoms with E-state index in [4.69, 9.17) is 4.74 Å². The lowest BCUT2D eigenvalue weighted by molar-refractivity contribution is 0.0819. The lowest BCUT2D eigenvalue weighted by Crippen LogP contribution is -2.30. The molecule has 1 aliphatic carbocycles. The molecule has 0 aliphatic heterocycles. The average Bonchev–Trinajstić information content (AvgIpc) is 2.43. The third-order valence-electron chi connectivity index (χ3n) is 4.07. The van der Waals surface area contributed by atoms with Crippen molar-refractivity contribution in [3.05, 3.63) is 29.3 Å². The summed E-state index contributed by atoms with van der Waals surface area (Å²) in [4.78, 5) is 0. The van der Waals surface area contributed by atoms with E-state index in [1.165, 1.54) is 18.6 Å². The fourth-order valence-corrected chi connectivity index (χ4v) is 2.98. The van der Waals surface area contributed by atoms with Crippen molar-refractivity contribution in [2.75, 3.05) is 7.05 Å². The molecule has 4 heteroatoms. The molecule has 0 saturated heterocycles. The minimum Gasteiger partial charge on any atom is -0.484 e. The van der Waals surface area contributed by atoms with Crippen LogP contribution in [-0.4, -0.2) is 13.2 Å². The fraction of sp³-hybridized carbons (Fsp3) is 0.625. The first-order valence-electron chi connectivity index (χ1n) is 7.44. The Morgan fingerprint density at radius 3 is 2.45 bits per heavy atom. The van der Waals surface area contributed by atoms with Gasteiger partial charge in [0.1, 0.15) is 6.10 Å². The Hall–Kier alpha value is -1.16. The number of rotatable bonds is 5. The molecule has 2 atom stereocenters. The highest BCUT2D eigenvalue weighted by Crippen LogP contribution is 2.33. The molecule has 112 valence electrons. The summed E-state index contributed by atoms with van der Waals surface area (Å²) < 4.78 is 33.7. The summed E-state index contributed by atoms with van der Waals surface area (Å²) in [5.74, 6) is -1.01. The van der Waals surface area contributed by atoms with Crippen molar-refractivity contribution in [3.8, 4) is 5.75 Å². The van der Waals surface area contributed by atoms with Crippen molar-refractivity contribution in [3.63, 3.8) is 0 Å². The summed E-state index contributed by atoms with van der Waals surface area (Å²) in [5, 5.41) is 2.88. The van der Waals surface area contributed by atoms with Gasteiger partial charge in [-0.15, -0.1) is 0 Å². The molecule has 20 heavy (non-hydrogen) atoms. The van der Waals surface area contributed by atoms with Crippen LogP contribution in [0.3, 0.4) is 0 Å². The van der Waals surface area contributed by atoms with E-state index in [1.54, 1.807) is 7.05 Å². The molecule has 0 amide bonds. The summed E-state index contributed by atoms with van der Waals surface area (Å²) in [5.41, 5.74) is 0.588. The largest absolute Gasteiger partial charge is 0.484 e. The molecule has 0 spiro atoms. The summed E-state index contributed by atoms with van der Waals surface area (Å²) in [6.45, 7) is 2.55. The first kappa shape index (κ1) is 15.2. The highest BCUT2D eigenvalue weighted by molar-refractivity contribution is 5.31. The van der Waals surface area contributed by atoms with Crippen LogP contribution in [-0.2, 0) is 6.54 Å². The van der Waals surface area contributed by atoms with Gasteiger partial charge in [-0.3, -0.25) is 0 Å². The Kier molecular flexibility index (Phi) is 5.35. The molecule has 0 aromatic heterocycles. The summed E-state index contributed by atoms with van der Waals surface area (Å²) >= 11 is 0. The Balaban J connectivity index is 2.15. The van der Waals surface area contributed by atoms with Gasteiger partial charge in [0.2, 0.25) is 0 Å². The minimum absolute atomic E-state index is 0.0621. The molecule has 2 rings (SSSR count). The lowest BCUT2D eigenvalue weighted by Gasteiger charge is -2.31.